The lowest BCUT2D eigenvalue weighted by Gasteiger charge is -2.28. The van der Waals surface area contributed by atoms with Gasteiger partial charge in [-0.3, -0.25) is 0 Å². The van der Waals surface area contributed by atoms with E-state index in [-0.39, 0.29) is 11.3 Å². The summed E-state index contributed by atoms with van der Waals surface area (Å²) >= 11 is 0. The summed E-state index contributed by atoms with van der Waals surface area (Å²) in [6.07, 6.45) is 5.01. The Morgan fingerprint density at radius 1 is 1.12 bits per heavy atom. The van der Waals surface area contributed by atoms with Gasteiger partial charge in [-0.2, -0.15) is 0 Å². The summed E-state index contributed by atoms with van der Waals surface area (Å²) in [7, 11) is 0. The topological polar surface area (TPSA) is 45.6 Å². The number of aliphatic hydroxyl groups is 1. The molecule has 2 aromatic rings. The molecule has 26 heavy (non-hydrogen) atoms. The van der Waals surface area contributed by atoms with E-state index in [1.807, 2.05) is 0 Å². The number of aliphatic hydroxyl groups excluding tert-OH is 1. The Hall–Kier alpha value is -2.28. The molecular weight excluding hydrogens is 345 g/mol. The molecule has 140 valence electrons. The van der Waals surface area contributed by atoms with Gasteiger partial charge in [0, 0.05) is 24.8 Å². The number of halogens is 3. The normalized spacial score (nSPS) is 15.2. The molecule has 0 amide bonds. The predicted octanol–water partition coefficient (Wildman–Crippen LogP) is 3.88. The van der Waals surface area contributed by atoms with Crippen LogP contribution in [0.5, 0.6) is 5.75 Å². The van der Waals surface area contributed by atoms with E-state index in [9.17, 15) is 13.2 Å². The van der Waals surface area contributed by atoms with Crippen LogP contribution in [0.1, 0.15) is 19.3 Å². The first-order chi connectivity index (χ1) is 12.5. The average molecular weight is 366 g/mol. The molecule has 4 nitrogen and oxygen atoms in total. The zero-order chi connectivity index (χ0) is 18.6. The first-order valence-corrected chi connectivity index (χ1v) is 8.61. The molecule has 1 aliphatic heterocycles. The third-order valence-corrected chi connectivity index (χ3v) is 4.36. The molecule has 1 aliphatic rings. The van der Waals surface area contributed by atoms with Gasteiger partial charge in [0.2, 0.25) is 0 Å². The molecule has 2 heterocycles. The van der Waals surface area contributed by atoms with Crippen LogP contribution in [0, 0.1) is 5.82 Å². The van der Waals surface area contributed by atoms with E-state index in [4.69, 9.17) is 9.84 Å². The lowest BCUT2D eigenvalue weighted by Crippen LogP contribution is -2.30. The van der Waals surface area contributed by atoms with Gasteiger partial charge in [0.15, 0.2) is 6.61 Å². The average Bonchev–Trinajstić information content (AvgIpc) is 2.68. The van der Waals surface area contributed by atoms with E-state index < -0.39 is 25.0 Å². The Morgan fingerprint density at radius 2 is 1.88 bits per heavy atom. The molecule has 7 heteroatoms. The fourth-order valence-corrected chi connectivity index (χ4v) is 2.93. The van der Waals surface area contributed by atoms with Crippen molar-refractivity contribution in [1.29, 1.82) is 0 Å². The number of ether oxygens (including phenoxy) is 1. The van der Waals surface area contributed by atoms with E-state index >= 15 is 0 Å². The van der Waals surface area contributed by atoms with Crippen molar-refractivity contribution in [1.82, 2.24) is 4.98 Å². The van der Waals surface area contributed by atoms with Crippen LogP contribution in [-0.2, 0) is 0 Å². The largest absolute Gasteiger partial charge is 0.487 e. The second kappa shape index (κ2) is 7.95. The summed E-state index contributed by atoms with van der Waals surface area (Å²) in [6, 6.07) is 7.34. The van der Waals surface area contributed by atoms with Gasteiger partial charge >= 0.3 is 5.92 Å². The highest BCUT2D eigenvalue weighted by Crippen LogP contribution is 2.30. The fraction of sp³-hybridized carbons (Fsp3) is 0.421. The minimum absolute atomic E-state index is 0.117. The summed E-state index contributed by atoms with van der Waals surface area (Å²) in [5.41, 5.74) is 0.868. The lowest BCUT2D eigenvalue weighted by atomic mass is 10.1. The number of nitrogens with zero attached hydrogens (tertiary/aromatic N) is 2. The monoisotopic (exact) mass is 366 g/mol. The van der Waals surface area contributed by atoms with E-state index in [1.54, 1.807) is 18.3 Å². The van der Waals surface area contributed by atoms with Crippen molar-refractivity contribution in [2.75, 3.05) is 31.2 Å². The standard InChI is InChI=1S/C19H21F3N2O2/c20-17-5-4-15(26-13-19(21,22)12-25)11-16(17)14-6-7-23-18(10-14)24-8-2-1-3-9-24/h4-7,10-11,25H,1-3,8-9,12-13H2. The molecule has 1 N–H and O–H groups in total. The number of alkyl halides is 2. The minimum atomic E-state index is -3.34. The molecule has 1 saturated heterocycles. The van der Waals surface area contributed by atoms with E-state index in [0.29, 0.717) is 5.56 Å². The second-order valence-corrected chi connectivity index (χ2v) is 6.39. The van der Waals surface area contributed by atoms with Gasteiger partial charge in [-0.1, -0.05) is 0 Å². The van der Waals surface area contributed by atoms with Crippen LogP contribution in [0.25, 0.3) is 11.1 Å². The number of hydrogen-bond donors (Lipinski definition) is 1. The third-order valence-electron chi connectivity index (χ3n) is 4.36. The van der Waals surface area contributed by atoms with Gasteiger partial charge in [0.25, 0.3) is 0 Å². The molecule has 1 aromatic heterocycles. The Bertz CT molecular complexity index is 749. The van der Waals surface area contributed by atoms with Crippen LogP contribution in [0.15, 0.2) is 36.5 Å². The Kier molecular flexibility index (Phi) is 5.66. The zero-order valence-corrected chi connectivity index (χ0v) is 14.3. The highest BCUT2D eigenvalue weighted by molar-refractivity contribution is 5.68. The molecule has 3 rings (SSSR count). The Balaban J connectivity index is 1.83. The zero-order valence-electron chi connectivity index (χ0n) is 14.3. The first kappa shape index (κ1) is 18.5. The van der Waals surface area contributed by atoms with Crippen LogP contribution in [-0.4, -0.2) is 42.3 Å². The molecule has 0 radical (unpaired) electrons. The smallest absolute Gasteiger partial charge is 0.303 e. The van der Waals surface area contributed by atoms with Crippen molar-refractivity contribution in [3.05, 3.63) is 42.3 Å². The molecule has 1 fully saturated rings. The number of rotatable bonds is 6. The van der Waals surface area contributed by atoms with Crippen molar-refractivity contribution in [2.45, 2.75) is 25.2 Å². The summed E-state index contributed by atoms with van der Waals surface area (Å²) in [4.78, 5) is 6.53. The number of anilines is 1. The van der Waals surface area contributed by atoms with Gasteiger partial charge in [-0.25, -0.2) is 18.2 Å². The van der Waals surface area contributed by atoms with E-state index in [1.165, 1.54) is 24.6 Å². The van der Waals surface area contributed by atoms with Crippen molar-refractivity contribution >= 4 is 5.82 Å². The molecule has 0 aliphatic carbocycles. The van der Waals surface area contributed by atoms with Gasteiger partial charge in [-0.05, 0) is 55.2 Å². The molecular formula is C19H21F3N2O2. The summed E-state index contributed by atoms with van der Waals surface area (Å²) in [6.45, 7) is -0.439. The molecule has 0 spiro atoms. The molecule has 0 bridgehead atoms. The number of benzene rings is 1. The maximum atomic E-state index is 14.3. The fourth-order valence-electron chi connectivity index (χ4n) is 2.93. The van der Waals surface area contributed by atoms with Crippen molar-refractivity contribution < 1.29 is 23.0 Å². The van der Waals surface area contributed by atoms with Crippen molar-refractivity contribution in [2.24, 2.45) is 0 Å². The summed E-state index contributed by atoms with van der Waals surface area (Å²) < 4.78 is 45.6. The first-order valence-electron chi connectivity index (χ1n) is 8.61. The lowest BCUT2D eigenvalue weighted by molar-refractivity contribution is -0.0801. The predicted molar refractivity (Wildman–Crippen MR) is 93.2 cm³/mol. The number of hydrogen-bond acceptors (Lipinski definition) is 4. The van der Waals surface area contributed by atoms with Gasteiger partial charge in [0.05, 0.1) is 0 Å². The molecule has 0 unspecified atom stereocenters. The summed E-state index contributed by atoms with van der Waals surface area (Å²) in [5, 5.41) is 8.60. The summed E-state index contributed by atoms with van der Waals surface area (Å²) in [5.74, 6) is -2.92. The maximum Gasteiger partial charge on any atom is 0.303 e. The SMILES string of the molecule is OCC(F)(F)COc1ccc(F)c(-c2ccnc(N3CCCCC3)c2)c1. The molecule has 0 atom stereocenters. The quantitative estimate of drug-likeness (QED) is 0.843. The highest BCUT2D eigenvalue weighted by Gasteiger charge is 2.29. The van der Waals surface area contributed by atoms with E-state index in [0.717, 1.165) is 31.7 Å². The van der Waals surface area contributed by atoms with Crippen molar-refractivity contribution in [3.8, 4) is 16.9 Å². The number of aromatic nitrogens is 1. The highest BCUT2D eigenvalue weighted by atomic mass is 19.3. The molecule has 1 aromatic carbocycles. The van der Waals surface area contributed by atoms with Gasteiger partial charge in [-0.15, -0.1) is 0 Å². The second-order valence-electron chi connectivity index (χ2n) is 6.39. The van der Waals surface area contributed by atoms with Crippen LogP contribution in [0.2, 0.25) is 0 Å². The van der Waals surface area contributed by atoms with Crippen LogP contribution in [0.4, 0.5) is 19.0 Å². The van der Waals surface area contributed by atoms with Crippen LogP contribution >= 0.6 is 0 Å². The maximum absolute atomic E-state index is 14.3. The van der Waals surface area contributed by atoms with Crippen LogP contribution < -0.4 is 9.64 Å². The van der Waals surface area contributed by atoms with Crippen LogP contribution in [0.3, 0.4) is 0 Å². The third kappa shape index (κ3) is 4.46. The molecule has 0 saturated carbocycles. The van der Waals surface area contributed by atoms with Gasteiger partial charge < -0.3 is 14.7 Å². The van der Waals surface area contributed by atoms with E-state index in [2.05, 4.69) is 9.88 Å². The van der Waals surface area contributed by atoms with Gasteiger partial charge in [0.1, 0.15) is 24.0 Å². The number of pyridine rings is 1. The minimum Gasteiger partial charge on any atom is -0.487 e. The number of piperidine rings is 1. The van der Waals surface area contributed by atoms with Crippen molar-refractivity contribution in [3.63, 3.8) is 0 Å². The Morgan fingerprint density at radius 3 is 2.62 bits per heavy atom. The Labute approximate surface area is 150 Å².